The Hall–Kier alpha value is -1.13. The summed E-state index contributed by atoms with van der Waals surface area (Å²) in [6.07, 6.45) is 2.16. The number of aryl methyl sites for hydroxylation is 2. The number of aliphatic hydroxyl groups is 1. The summed E-state index contributed by atoms with van der Waals surface area (Å²) in [7, 11) is 1.84. The van der Waals surface area contributed by atoms with E-state index in [1.807, 2.05) is 19.2 Å². The van der Waals surface area contributed by atoms with E-state index in [1.165, 1.54) is 4.88 Å². The van der Waals surface area contributed by atoms with Gasteiger partial charge in [-0.15, -0.1) is 11.3 Å². The molecule has 2 aromatic rings. The molecule has 0 aliphatic heterocycles. The summed E-state index contributed by atoms with van der Waals surface area (Å²) in [6, 6.07) is 5.90. The van der Waals surface area contributed by atoms with Crippen LogP contribution < -0.4 is 0 Å². The molecule has 2 heterocycles. The van der Waals surface area contributed by atoms with Crippen molar-refractivity contribution in [3.63, 3.8) is 0 Å². The van der Waals surface area contributed by atoms with E-state index in [1.54, 1.807) is 22.2 Å². The topological polar surface area (TPSA) is 38.1 Å². The minimum Gasteiger partial charge on any atom is -0.381 e. The molecule has 2 aromatic heterocycles. The third kappa shape index (κ3) is 1.96. The number of rotatable bonds is 3. The zero-order valence-corrected chi connectivity index (χ0v) is 9.66. The predicted octanol–water partition coefficient (Wildman–Crippen LogP) is 2.13. The average molecular weight is 222 g/mol. The molecule has 1 atom stereocenters. The number of aromatic nitrogens is 2. The normalized spacial score (nSPS) is 13.0. The summed E-state index contributed by atoms with van der Waals surface area (Å²) >= 11 is 1.66. The number of nitrogens with zero attached hydrogens (tertiary/aromatic N) is 2. The molecule has 4 heteroatoms. The van der Waals surface area contributed by atoms with Crippen LogP contribution in [0.3, 0.4) is 0 Å². The number of thiophene rings is 1. The first-order valence-electron chi connectivity index (χ1n) is 4.97. The van der Waals surface area contributed by atoms with Crippen molar-refractivity contribution in [3.8, 4) is 0 Å². The van der Waals surface area contributed by atoms with Crippen molar-refractivity contribution >= 4 is 11.3 Å². The second-order valence-electron chi connectivity index (χ2n) is 3.44. The van der Waals surface area contributed by atoms with Gasteiger partial charge in [-0.05, 0) is 24.6 Å². The average Bonchev–Trinajstić information content (AvgIpc) is 2.84. The lowest BCUT2D eigenvalue weighted by atomic mass is 10.2. The van der Waals surface area contributed by atoms with Crippen molar-refractivity contribution in [3.05, 3.63) is 39.8 Å². The Bertz CT molecular complexity index is 447. The molecule has 1 N–H and O–H groups in total. The molecule has 2 rings (SSSR count). The first kappa shape index (κ1) is 10.4. The van der Waals surface area contributed by atoms with Gasteiger partial charge in [-0.2, -0.15) is 5.10 Å². The lowest BCUT2D eigenvalue weighted by Crippen LogP contribution is -2.04. The standard InChI is InChI=1S/C11H14N2OS/c1-3-8-4-5-10(15-8)11(14)9-6-7-12-13(9)2/h4-7,11,14H,3H2,1-2H3. The van der Waals surface area contributed by atoms with Crippen LogP contribution in [0.25, 0.3) is 0 Å². The van der Waals surface area contributed by atoms with Crippen LogP contribution in [0.5, 0.6) is 0 Å². The molecular formula is C11H14N2OS. The van der Waals surface area contributed by atoms with Crippen LogP contribution in [0, 0.1) is 0 Å². The molecule has 15 heavy (non-hydrogen) atoms. The van der Waals surface area contributed by atoms with Crippen LogP contribution in [-0.4, -0.2) is 14.9 Å². The molecule has 0 saturated carbocycles. The maximum Gasteiger partial charge on any atom is 0.130 e. The highest BCUT2D eigenvalue weighted by Crippen LogP contribution is 2.28. The van der Waals surface area contributed by atoms with Gasteiger partial charge in [0.25, 0.3) is 0 Å². The van der Waals surface area contributed by atoms with Crippen molar-refractivity contribution < 1.29 is 5.11 Å². The van der Waals surface area contributed by atoms with Gasteiger partial charge in [-0.25, -0.2) is 0 Å². The van der Waals surface area contributed by atoms with E-state index in [-0.39, 0.29) is 0 Å². The molecule has 0 spiro atoms. The Morgan fingerprint density at radius 1 is 1.47 bits per heavy atom. The van der Waals surface area contributed by atoms with Gasteiger partial charge in [0.05, 0.1) is 5.69 Å². The highest BCUT2D eigenvalue weighted by atomic mass is 32.1. The number of aliphatic hydroxyl groups excluding tert-OH is 1. The van der Waals surface area contributed by atoms with Gasteiger partial charge in [0.15, 0.2) is 0 Å². The van der Waals surface area contributed by atoms with Gasteiger partial charge in [0.2, 0.25) is 0 Å². The van der Waals surface area contributed by atoms with Gasteiger partial charge < -0.3 is 5.11 Å². The molecule has 1 unspecified atom stereocenters. The van der Waals surface area contributed by atoms with Crippen LogP contribution in [0.2, 0.25) is 0 Å². The van der Waals surface area contributed by atoms with Crippen LogP contribution in [0.15, 0.2) is 24.4 Å². The van der Waals surface area contributed by atoms with Crippen LogP contribution in [-0.2, 0) is 13.5 Å². The molecule has 0 fully saturated rings. The van der Waals surface area contributed by atoms with E-state index in [9.17, 15) is 5.11 Å². The van der Waals surface area contributed by atoms with E-state index in [4.69, 9.17) is 0 Å². The minimum absolute atomic E-state index is 0.553. The van der Waals surface area contributed by atoms with E-state index < -0.39 is 6.10 Å². The minimum atomic E-state index is -0.553. The third-order valence-electron chi connectivity index (χ3n) is 2.44. The summed E-state index contributed by atoms with van der Waals surface area (Å²) in [4.78, 5) is 2.28. The van der Waals surface area contributed by atoms with Crippen molar-refractivity contribution in [1.82, 2.24) is 9.78 Å². The second-order valence-corrected chi connectivity index (χ2v) is 4.64. The summed E-state index contributed by atoms with van der Waals surface area (Å²) in [5.41, 5.74) is 0.833. The summed E-state index contributed by atoms with van der Waals surface area (Å²) in [5.74, 6) is 0. The number of hydrogen-bond acceptors (Lipinski definition) is 3. The van der Waals surface area contributed by atoms with Gasteiger partial charge in [0, 0.05) is 23.0 Å². The third-order valence-corrected chi connectivity index (χ3v) is 3.72. The largest absolute Gasteiger partial charge is 0.381 e. The summed E-state index contributed by atoms with van der Waals surface area (Å²) in [6.45, 7) is 2.12. The SMILES string of the molecule is CCc1ccc(C(O)c2ccnn2C)s1. The molecule has 0 bridgehead atoms. The van der Waals surface area contributed by atoms with Gasteiger partial charge >= 0.3 is 0 Å². The maximum absolute atomic E-state index is 10.1. The monoisotopic (exact) mass is 222 g/mol. The smallest absolute Gasteiger partial charge is 0.130 e. The van der Waals surface area contributed by atoms with Gasteiger partial charge in [-0.3, -0.25) is 4.68 Å². The summed E-state index contributed by atoms with van der Waals surface area (Å²) < 4.78 is 1.70. The Labute approximate surface area is 93.0 Å². The molecule has 80 valence electrons. The number of hydrogen-bond donors (Lipinski definition) is 1. The highest BCUT2D eigenvalue weighted by Gasteiger charge is 2.15. The van der Waals surface area contributed by atoms with Crippen molar-refractivity contribution in [2.45, 2.75) is 19.4 Å². The lowest BCUT2D eigenvalue weighted by Gasteiger charge is -2.08. The van der Waals surface area contributed by atoms with Crippen LogP contribution in [0.4, 0.5) is 0 Å². The Morgan fingerprint density at radius 2 is 2.27 bits per heavy atom. The van der Waals surface area contributed by atoms with Crippen LogP contribution in [0.1, 0.15) is 28.5 Å². The van der Waals surface area contributed by atoms with Gasteiger partial charge in [0.1, 0.15) is 6.10 Å². The van der Waals surface area contributed by atoms with Crippen molar-refractivity contribution in [2.75, 3.05) is 0 Å². The molecule has 0 saturated heterocycles. The molecule has 0 amide bonds. The molecule has 0 aliphatic rings. The van der Waals surface area contributed by atoms with E-state index in [0.29, 0.717) is 0 Å². The Kier molecular flexibility index (Phi) is 2.88. The van der Waals surface area contributed by atoms with Crippen molar-refractivity contribution in [2.24, 2.45) is 7.05 Å². The maximum atomic E-state index is 10.1. The molecule has 0 aliphatic carbocycles. The van der Waals surface area contributed by atoms with Crippen LogP contribution >= 0.6 is 11.3 Å². The zero-order chi connectivity index (χ0) is 10.8. The first-order chi connectivity index (χ1) is 7.22. The lowest BCUT2D eigenvalue weighted by molar-refractivity contribution is 0.213. The predicted molar refractivity (Wildman–Crippen MR) is 61.0 cm³/mol. The quantitative estimate of drug-likeness (QED) is 0.864. The fraction of sp³-hybridized carbons (Fsp3) is 0.364. The Morgan fingerprint density at radius 3 is 2.80 bits per heavy atom. The second kappa shape index (κ2) is 4.16. The highest BCUT2D eigenvalue weighted by molar-refractivity contribution is 7.12. The van der Waals surface area contributed by atoms with E-state index in [2.05, 4.69) is 18.1 Å². The molecule has 3 nitrogen and oxygen atoms in total. The fourth-order valence-corrected chi connectivity index (χ4v) is 2.48. The zero-order valence-electron chi connectivity index (χ0n) is 8.84. The summed E-state index contributed by atoms with van der Waals surface area (Å²) in [5, 5.41) is 14.2. The molecular weight excluding hydrogens is 208 g/mol. The van der Waals surface area contributed by atoms with Gasteiger partial charge in [-0.1, -0.05) is 6.92 Å². The first-order valence-corrected chi connectivity index (χ1v) is 5.78. The molecule has 0 radical (unpaired) electrons. The van der Waals surface area contributed by atoms with E-state index in [0.717, 1.165) is 17.0 Å². The molecule has 0 aromatic carbocycles. The van der Waals surface area contributed by atoms with E-state index >= 15 is 0 Å². The fourth-order valence-electron chi connectivity index (χ4n) is 1.53. The van der Waals surface area contributed by atoms with Crippen molar-refractivity contribution in [1.29, 1.82) is 0 Å². The Balaban J connectivity index is 2.28.